The molecule has 20 heavy (non-hydrogen) atoms. The number of hydrogen-bond donors (Lipinski definition) is 2. The summed E-state index contributed by atoms with van der Waals surface area (Å²) in [5.74, 6) is 1.52. The first-order valence-electron chi connectivity index (χ1n) is 7.09. The van der Waals surface area contributed by atoms with Crippen molar-refractivity contribution in [2.24, 2.45) is 9.98 Å². The summed E-state index contributed by atoms with van der Waals surface area (Å²) in [5, 5.41) is 5.36. The summed E-state index contributed by atoms with van der Waals surface area (Å²) in [6.45, 7) is 2.80. The first-order valence-corrected chi connectivity index (χ1v) is 7.53. The fraction of sp³-hybridized carbons (Fsp3) is 0.692. The molecule has 3 rings (SSSR count). The van der Waals surface area contributed by atoms with Crippen molar-refractivity contribution in [3.05, 3.63) is 11.3 Å². The molecule has 2 aliphatic heterocycles. The average Bonchev–Trinajstić information content (AvgIpc) is 2.96. The van der Waals surface area contributed by atoms with Crippen molar-refractivity contribution in [1.82, 2.24) is 20.7 Å². The molecule has 7 heteroatoms. The van der Waals surface area contributed by atoms with E-state index in [1.54, 1.807) is 0 Å². The number of allylic oxidation sites excluding steroid dienone is 1. The van der Waals surface area contributed by atoms with Crippen LogP contribution in [0.3, 0.4) is 0 Å². The van der Waals surface area contributed by atoms with Crippen LogP contribution in [-0.2, 0) is 0 Å². The Hall–Kier alpha value is -1.27. The molecule has 1 atom stereocenters. The molecular weight excluding hydrogens is 276 g/mol. The molecule has 0 aromatic heterocycles. The van der Waals surface area contributed by atoms with Gasteiger partial charge < -0.3 is 10.2 Å². The molecule has 0 saturated heterocycles. The second kappa shape index (κ2) is 5.61. The predicted molar refractivity (Wildman–Crippen MR) is 81.8 cm³/mol. The molecule has 0 bridgehead atoms. The van der Waals surface area contributed by atoms with Crippen LogP contribution in [0.25, 0.3) is 0 Å². The van der Waals surface area contributed by atoms with E-state index in [0.29, 0.717) is 0 Å². The van der Waals surface area contributed by atoms with Gasteiger partial charge in [0.05, 0.1) is 17.6 Å². The highest BCUT2D eigenvalue weighted by atomic mass is 35.5. The first kappa shape index (κ1) is 13.7. The highest BCUT2D eigenvalue weighted by Gasteiger charge is 2.33. The number of aliphatic imine (C=N–C) groups is 2. The zero-order valence-electron chi connectivity index (χ0n) is 12.0. The number of fused-ring (bicyclic) bond motifs is 1. The largest absolute Gasteiger partial charge is 0.355 e. The standard InChI is InChI=1S/C13H21ClN6/c1-19(2)7-3-6-15-12-17-13-16-11-9(4-5-10(11)14)8-20(13)18-12/h10H,3-8H2,1-2H3,(H2,15,16,17,18). The Morgan fingerprint density at radius 2 is 2.30 bits per heavy atom. The minimum atomic E-state index is 0.0620. The maximum atomic E-state index is 6.27. The van der Waals surface area contributed by atoms with E-state index < -0.39 is 0 Å². The lowest BCUT2D eigenvalue weighted by atomic mass is 10.2. The van der Waals surface area contributed by atoms with Gasteiger partial charge in [0.15, 0.2) is 0 Å². The molecule has 0 aromatic rings. The van der Waals surface area contributed by atoms with Crippen molar-refractivity contribution in [1.29, 1.82) is 0 Å². The van der Waals surface area contributed by atoms with Gasteiger partial charge in [-0.3, -0.25) is 5.43 Å². The van der Waals surface area contributed by atoms with E-state index in [9.17, 15) is 0 Å². The van der Waals surface area contributed by atoms with Gasteiger partial charge in [-0.25, -0.2) is 10.0 Å². The Balaban J connectivity index is 1.57. The quantitative estimate of drug-likeness (QED) is 0.593. The van der Waals surface area contributed by atoms with Gasteiger partial charge in [0.1, 0.15) is 0 Å². The van der Waals surface area contributed by atoms with E-state index in [2.05, 4.69) is 39.7 Å². The zero-order chi connectivity index (χ0) is 14.1. The molecule has 2 heterocycles. The van der Waals surface area contributed by atoms with Crippen LogP contribution < -0.4 is 10.7 Å². The first-order chi connectivity index (χ1) is 9.63. The Morgan fingerprint density at radius 3 is 3.10 bits per heavy atom. The van der Waals surface area contributed by atoms with Crippen molar-refractivity contribution >= 4 is 23.5 Å². The summed E-state index contributed by atoms with van der Waals surface area (Å²) in [5.41, 5.74) is 5.64. The number of nitrogens with zero attached hydrogens (tertiary/aromatic N) is 4. The molecule has 6 nitrogen and oxygen atoms in total. The number of nitrogens with one attached hydrogen (secondary N) is 2. The van der Waals surface area contributed by atoms with Gasteiger partial charge >= 0.3 is 0 Å². The molecule has 0 saturated carbocycles. The number of rotatable bonds is 4. The Morgan fingerprint density at radius 1 is 1.45 bits per heavy atom. The van der Waals surface area contributed by atoms with Gasteiger partial charge in [0.25, 0.3) is 0 Å². The monoisotopic (exact) mass is 296 g/mol. The van der Waals surface area contributed by atoms with Crippen molar-refractivity contribution in [3.63, 3.8) is 0 Å². The number of halogens is 1. The minimum Gasteiger partial charge on any atom is -0.355 e. The Kier molecular flexibility index (Phi) is 3.85. The number of hydrogen-bond acceptors (Lipinski definition) is 6. The summed E-state index contributed by atoms with van der Waals surface area (Å²) in [6, 6.07) is 0. The number of guanidine groups is 2. The highest BCUT2D eigenvalue weighted by molar-refractivity contribution is 6.23. The molecule has 3 aliphatic rings. The fourth-order valence-corrected chi connectivity index (χ4v) is 2.95. The second-order valence-electron chi connectivity index (χ2n) is 5.65. The van der Waals surface area contributed by atoms with Crippen LogP contribution >= 0.6 is 11.6 Å². The molecular formula is C13H21ClN6. The smallest absolute Gasteiger partial charge is 0.248 e. The van der Waals surface area contributed by atoms with Crippen LogP contribution in [-0.4, -0.2) is 60.9 Å². The van der Waals surface area contributed by atoms with Gasteiger partial charge in [-0.1, -0.05) is 0 Å². The molecule has 110 valence electrons. The van der Waals surface area contributed by atoms with Crippen LogP contribution in [0.15, 0.2) is 21.3 Å². The van der Waals surface area contributed by atoms with Gasteiger partial charge in [-0.15, -0.1) is 11.6 Å². The molecule has 1 unspecified atom stereocenters. The van der Waals surface area contributed by atoms with E-state index >= 15 is 0 Å². The SMILES string of the molecule is CN(C)CCCNC1=NC2=NC3=C(CCC3Cl)CN2N1. The van der Waals surface area contributed by atoms with Crippen LogP contribution in [0.4, 0.5) is 0 Å². The summed E-state index contributed by atoms with van der Waals surface area (Å²) in [7, 11) is 4.16. The van der Waals surface area contributed by atoms with Gasteiger partial charge in [-0.2, -0.15) is 4.99 Å². The normalized spacial score (nSPS) is 24.4. The van der Waals surface area contributed by atoms with E-state index in [1.807, 2.05) is 5.01 Å². The topological polar surface area (TPSA) is 55.3 Å². The Bertz CT molecular complexity index is 481. The fourth-order valence-electron chi connectivity index (χ4n) is 2.63. The maximum absolute atomic E-state index is 6.27. The third-order valence-corrected chi connectivity index (χ3v) is 4.12. The molecule has 0 radical (unpaired) electrons. The van der Waals surface area contributed by atoms with Crippen molar-refractivity contribution in [2.75, 3.05) is 33.7 Å². The predicted octanol–water partition coefficient (Wildman–Crippen LogP) is 0.729. The molecule has 0 amide bonds. The summed E-state index contributed by atoms with van der Waals surface area (Å²) >= 11 is 6.27. The highest BCUT2D eigenvalue weighted by Crippen LogP contribution is 2.34. The molecule has 2 N–H and O–H groups in total. The van der Waals surface area contributed by atoms with E-state index in [4.69, 9.17) is 11.6 Å². The molecule has 1 aliphatic carbocycles. The molecule has 0 aromatic carbocycles. The summed E-state index contributed by atoms with van der Waals surface area (Å²) in [6.07, 6.45) is 3.12. The van der Waals surface area contributed by atoms with Gasteiger partial charge in [-0.05, 0) is 45.5 Å². The average molecular weight is 297 g/mol. The minimum absolute atomic E-state index is 0.0620. The van der Waals surface area contributed by atoms with Gasteiger partial charge in [0.2, 0.25) is 11.9 Å². The molecule has 0 fully saturated rings. The van der Waals surface area contributed by atoms with Crippen molar-refractivity contribution in [2.45, 2.75) is 24.6 Å². The third-order valence-electron chi connectivity index (χ3n) is 3.70. The van der Waals surface area contributed by atoms with Crippen LogP contribution in [0.5, 0.6) is 0 Å². The van der Waals surface area contributed by atoms with Crippen LogP contribution in [0, 0.1) is 0 Å². The lowest BCUT2D eigenvalue weighted by Crippen LogP contribution is -2.45. The lowest BCUT2D eigenvalue weighted by molar-refractivity contribution is 0.392. The Labute approximate surface area is 124 Å². The lowest BCUT2D eigenvalue weighted by Gasteiger charge is -2.23. The van der Waals surface area contributed by atoms with Crippen LogP contribution in [0.2, 0.25) is 0 Å². The second-order valence-corrected chi connectivity index (χ2v) is 6.18. The zero-order valence-corrected chi connectivity index (χ0v) is 12.7. The van der Waals surface area contributed by atoms with Gasteiger partial charge in [0, 0.05) is 6.54 Å². The number of hydrazine groups is 1. The van der Waals surface area contributed by atoms with Crippen molar-refractivity contribution in [3.8, 4) is 0 Å². The summed E-state index contributed by atoms with van der Waals surface area (Å²) in [4.78, 5) is 11.2. The maximum Gasteiger partial charge on any atom is 0.248 e. The van der Waals surface area contributed by atoms with Crippen molar-refractivity contribution < 1.29 is 0 Å². The van der Waals surface area contributed by atoms with Crippen LogP contribution in [0.1, 0.15) is 19.3 Å². The van der Waals surface area contributed by atoms with E-state index in [1.165, 1.54) is 5.57 Å². The summed E-state index contributed by atoms with van der Waals surface area (Å²) < 4.78 is 0. The van der Waals surface area contributed by atoms with E-state index in [0.717, 1.165) is 56.5 Å². The van der Waals surface area contributed by atoms with E-state index in [-0.39, 0.29) is 5.38 Å². The molecule has 0 spiro atoms. The third kappa shape index (κ3) is 2.76. The number of alkyl halides is 1.